The first-order chi connectivity index (χ1) is 12.7. The van der Waals surface area contributed by atoms with E-state index in [2.05, 4.69) is 19.2 Å². The van der Waals surface area contributed by atoms with Gasteiger partial charge in [0.2, 0.25) is 0 Å². The number of piperidine rings is 1. The molecule has 0 radical (unpaired) electrons. The molecular formula is C21H34N2O3. The van der Waals surface area contributed by atoms with Gasteiger partial charge in [-0.05, 0) is 63.4 Å². The molecule has 0 spiro atoms. The predicted molar refractivity (Wildman–Crippen MR) is 105 cm³/mol. The van der Waals surface area contributed by atoms with E-state index in [1.54, 1.807) is 0 Å². The van der Waals surface area contributed by atoms with Crippen molar-refractivity contribution in [2.24, 2.45) is 5.92 Å². The van der Waals surface area contributed by atoms with Crippen LogP contribution in [0.1, 0.15) is 56.8 Å². The molecule has 1 aliphatic heterocycles. The molecule has 0 unspecified atom stereocenters. The van der Waals surface area contributed by atoms with Crippen LogP contribution in [0.15, 0.2) is 18.2 Å². The highest BCUT2D eigenvalue weighted by molar-refractivity contribution is 5.95. The third-order valence-electron chi connectivity index (χ3n) is 4.83. The van der Waals surface area contributed by atoms with Crippen molar-refractivity contribution in [3.8, 4) is 11.5 Å². The van der Waals surface area contributed by atoms with Crippen molar-refractivity contribution in [3.63, 3.8) is 0 Å². The largest absolute Gasteiger partial charge is 0.490 e. The van der Waals surface area contributed by atoms with E-state index in [0.717, 1.165) is 57.6 Å². The van der Waals surface area contributed by atoms with E-state index in [0.29, 0.717) is 30.4 Å². The molecule has 1 aromatic carbocycles. The Morgan fingerprint density at radius 1 is 1.15 bits per heavy atom. The Labute approximate surface area is 158 Å². The monoisotopic (exact) mass is 362 g/mol. The van der Waals surface area contributed by atoms with E-state index in [1.807, 2.05) is 30.0 Å². The van der Waals surface area contributed by atoms with Gasteiger partial charge in [-0.15, -0.1) is 0 Å². The van der Waals surface area contributed by atoms with Crippen molar-refractivity contribution in [3.05, 3.63) is 23.8 Å². The third-order valence-corrected chi connectivity index (χ3v) is 4.83. The molecule has 1 heterocycles. The van der Waals surface area contributed by atoms with E-state index in [1.165, 1.54) is 0 Å². The van der Waals surface area contributed by atoms with Crippen molar-refractivity contribution >= 4 is 5.91 Å². The van der Waals surface area contributed by atoms with Crippen LogP contribution in [0, 0.1) is 5.92 Å². The van der Waals surface area contributed by atoms with Crippen molar-refractivity contribution in [1.29, 1.82) is 0 Å². The Morgan fingerprint density at radius 2 is 1.92 bits per heavy atom. The van der Waals surface area contributed by atoms with Gasteiger partial charge in [0.25, 0.3) is 5.91 Å². The summed E-state index contributed by atoms with van der Waals surface area (Å²) in [5, 5.41) is 3.41. The summed E-state index contributed by atoms with van der Waals surface area (Å²) in [7, 11) is 0. The number of nitrogens with zero attached hydrogens (tertiary/aromatic N) is 1. The minimum absolute atomic E-state index is 0.0907. The Bertz CT molecular complexity index is 554. The standard InChI is InChI=1S/C21H34N2O3/c1-4-7-14-26-19-9-8-18(15-20(19)25-6-3)21(24)23-12-10-17(11-13-23)16-22-5-2/h8-9,15,17,22H,4-7,10-14,16H2,1-3H3. The van der Waals surface area contributed by atoms with E-state index in [9.17, 15) is 4.79 Å². The lowest BCUT2D eigenvalue weighted by Crippen LogP contribution is -2.40. The first-order valence-electron chi connectivity index (χ1n) is 10.1. The topological polar surface area (TPSA) is 50.8 Å². The Hall–Kier alpha value is -1.75. The maximum Gasteiger partial charge on any atom is 0.253 e. The van der Waals surface area contributed by atoms with Gasteiger partial charge in [-0.3, -0.25) is 4.79 Å². The molecule has 0 saturated carbocycles. The van der Waals surface area contributed by atoms with E-state index < -0.39 is 0 Å². The van der Waals surface area contributed by atoms with E-state index in [4.69, 9.17) is 9.47 Å². The number of unbranched alkanes of at least 4 members (excludes halogenated alkanes) is 1. The molecule has 1 fully saturated rings. The van der Waals surface area contributed by atoms with E-state index >= 15 is 0 Å². The van der Waals surface area contributed by atoms with Gasteiger partial charge in [0.15, 0.2) is 11.5 Å². The molecule has 26 heavy (non-hydrogen) atoms. The fourth-order valence-electron chi connectivity index (χ4n) is 3.23. The number of benzene rings is 1. The number of ether oxygens (including phenoxy) is 2. The molecular weight excluding hydrogens is 328 g/mol. The molecule has 0 atom stereocenters. The lowest BCUT2D eigenvalue weighted by Gasteiger charge is -2.32. The van der Waals surface area contributed by atoms with Crippen LogP contribution in [0.3, 0.4) is 0 Å². The highest BCUT2D eigenvalue weighted by Gasteiger charge is 2.24. The zero-order valence-corrected chi connectivity index (χ0v) is 16.6. The summed E-state index contributed by atoms with van der Waals surface area (Å²) >= 11 is 0. The summed E-state index contributed by atoms with van der Waals surface area (Å²) in [6.07, 6.45) is 4.23. The van der Waals surface area contributed by atoms with Crippen LogP contribution in [-0.4, -0.2) is 50.2 Å². The average molecular weight is 363 g/mol. The first kappa shape index (κ1) is 20.6. The molecule has 5 nitrogen and oxygen atoms in total. The van der Waals surface area contributed by atoms with Crippen molar-refractivity contribution in [2.45, 2.75) is 46.5 Å². The van der Waals surface area contributed by atoms with Gasteiger partial charge in [-0.25, -0.2) is 0 Å². The summed E-state index contributed by atoms with van der Waals surface area (Å²) < 4.78 is 11.5. The maximum atomic E-state index is 12.9. The van der Waals surface area contributed by atoms with Crippen molar-refractivity contribution in [1.82, 2.24) is 10.2 Å². The number of carbonyl (C=O) groups excluding carboxylic acids is 1. The van der Waals surface area contributed by atoms with Crippen LogP contribution in [0.25, 0.3) is 0 Å². The zero-order chi connectivity index (χ0) is 18.8. The van der Waals surface area contributed by atoms with Crippen LogP contribution < -0.4 is 14.8 Å². The second-order valence-corrected chi connectivity index (χ2v) is 6.84. The molecule has 1 saturated heterocycles. The lowest BCUT2D eigenvalue weighted by atomic mass is 9.96. The fourth-order valence-corrected chi connectivity index (χ4v) is 3.23. The molecule has 0 aromatic heterocycles. The van der Waals surface area contributed by atoms with Gasteiger partial charge in [0, 0.05) is 18.7 Å². The lowest BCUT2D eigenvalue weighted by molar-refractivity contribution is 0.0689. The smallest absolute Gasteiger partial charge is 0.253 e. The summed E-state index contributed by atoms with van der Waals surface area (Å²) in [6, 6.07) is 5.56. The van der Waals surface area contributed by atoms with Crippen LogP contribution in [0.5, 0.6) is 11.5 Å². The van der Waals surface area contributed by atoms with Gasteiger partial charge < -0.3 is 19.7 Å². The molecule has 2 rings (SSSR count). The second-order valence-electron chi connectivity index (χ2n) is 6.84. The third kappa shape index (κ3) is 5.90. The van der Waals surface area contributed by atoms with Crippen LogP contribution in [0.4, 0.5) is 0 Å². The maximum absolute atomic E-state index is 12.9. The Morgan fingerprint density at radius 3 is 2.58 bits per heavy atom. The highest BCUT2D eigenvalue weighted by Crippen LogP contribution is 2.30. The van der Waals surface area contributed by atoms with Crippen LogP contribution in [-0.2, 0) is 0 Å². The van der Waals surface area contributed by atoms with Gasteiger partial charge in [-0.1, -0.05) is 20.3 Å². The van der Waals surface area contributed by atoms with Crippen LogP contribution >= 0.6 is 0 Å². The number of rotatable bonds is 10. The normalized spacial score (nSPS) is 15.1. The van der Waals surface area contributed by atoms with Gasteiger partial charge in [0.05, 0.1) is 13.2 Å². The quantitative estimate of drug-likeness (QED) is 0.645. The molecule has 1 aromatic rings. The number of carbonyl (C=O) groups is 1. The molecule has 0 aliphatic carbocycles. The van der Waals surface area contributed by atoms with Crippen molar-refractivity contribution < 1.29 is 14.3 Å². The molecule has 0 bridgehead atoms. The summed E-state index contributed by atoms with van der Waals surface area (Å²) in [5.41, 5.74) is 0.682. The molecule has 5 heteroatoms. The Kier molecular flexibility index (Phi) is 8.75. The molecule has 1 amide bonds. The SMILES string of the molecule is CCCCOc1ccc(C(=O)N2CCC(CNCC)CC2)cc1OCC. The summed E-state index contributed by atoms with van der Waals surface area (Å²) in [6.45, 7) is 11.1. The number of hydrogen-bond donors (Lipinski definition) is 1. The molecule has 1 N–H and O–H groups in total. The highest BCUT2D eigenvalue weighted by atomic mass is 16.5. The predicted octanol–water partition coefficient (Wildman–Crippen LogP) is 3.73. The molecule has 1 aliphatic rings. The summed E-state index contributed by atoms with van der Waals surface area (Å²) in [4.78, 5) is 14.8. The number of amides is 1. The number of hydrogen-bond acceptors (Lipinski definition) is 4. The van der Waals surface area contributed by atoms with E-state index in [-0.39, 0.29) is 5.91 Å². The minimum atomic E-state index is 0.0907. The molecule has 146 valence electrons. The Balaban J connectivity index is 1.98. The van der Waals surface area contributed by atoms with Gasteiger partial charge in [0.1, 0.15) is 0 Å². The number of likely N-dealkylation sites (tertiary alicyclic amines) is 1. The second kappa shape index (κ2) is 11.1. The minimum Gasteiger partial charge on any atom is -0.490 e. The van der Waals surface area contributed by atoms with Crippen LogP contribution in [0.2, 0.25) is 0 Å². The average Bonchev–Trinajstić information content (AvgIpc) is 2.67. The fraction of sp³-hybridized carbons (Fsp3) is 0.667. The van der Waals surface area contributed by atoms with Gasteiger partial charge >= 0.3 is 0 Å². The summed E-state index contributed by atoms with van der Waals surface area (Å²) in [5.74, 6) is 2.15. The first-order valence-corrected chi connectivity index (χ1v) is 10.1. The zero-order valence-electron chi connectivity index (χ0n) is 16.6. The van der Waals surface area contributed by atoms with Gasteiger partial charge in [-0.2, -0.15) is 0 Å². The van der Waals surface area contributed by atoms with Crippen molar-refractivity contribution in [2.75, 3.05) is 39.4 Å². The number of nitrogens with one attached hydrogen (secondary N) is 1.